The van der Waals surface area contributed by atoms with E-state index in [1.54, 1.807) is 14.2 Å². The summed E-state index contributed by atoms with van der Waals surface area (Å²) in [7, 11) is 1.76. The van der Waals surface area contributed by atoms with Crippen molar-refractivity contribution in [2.75, 3.05) is 19.5 Å². The predicted molar refractivity (Wildman–Crippen MR) is 58.1 cm³/mol. The fourth-order valence-corrected chi connectivity index (χ4v) is 4.84. The van der Waals surface area contributed by atoms with Crippen LogP contribution in [0.4, 0.5) is 0 Å². The zero-order chi connectivity index (χ0) is 9.45. The van der Waals surface area contributed by atoms with Gasteiger partial charge in [-0.05, 0) is 18.5 Å². The minimum Gasteiger partial charge on any atom is -0.398 e. The first-order valence-corrected chi connectivity index (χ1v) is 7.76. The lowest BCUT2D eigenvalue weighted by Crippen LogP contribution is -2.39. The highest BCUT2D eigenvalue weighted by Crippen LogP contribution is 2.21. The highest BCUT2D eigenvalue weighted by molar-refractivity contribution is 9.09. The summed E-state index contributed by atoms with van der Waals surface area (Å²) in [5, 5.41) is 1.04. The minimum atomic E-state index is -1.79. The third-order valence-corrected chi connectivity index (χ3v) is 6.49. The van der Waals surface area contributed by atoms with E-state index in [1.807, 2.05) is 0 Å². The van der Waals surface area contributed by atoms with Crippen molar-refractivity contribution in [3.8, 4) is 0 Å². The van der Waals surface area contributed by atoms with E-state index < -0.39 is 8.56 Å². The second-order valence-corrected chi connectivity index (χ2v) is 7.29. The molecule has 0 aliphatic rings. The van der Waals surface area contributed by atoms with Crippen molar-refractivity contribution in [1.82, 2.24) is 0 Å². The van der Waals surface area contributed by atoms with Crippen molar-refractivity contribution < 1.29 is 8.85 Å². The molecule has 0 bridgehead atoms. The van der Waals surface area contributed by atoms with Crippen molar-refractivity contribution in [2.45, 2.75) is 31.9 Å². The van der Waals surface area contributed by atoms with Gasteiger partial charge in [0, 0.05) is 19.5 Å². The Hall–Kier alpha value is 0.617. The van der Waals surface area contributed by atoms with Gasteiger partial charge in [-0.25, -0.2) is 0 Å². The van der Waals surface area contributed by atoms with Crippen LogP contribution in [0.2, 0.25) is 12.1 Å². The third-order valence-electron chi connectivity index (χ3n) is 2.07. The van der Waals surface area contributed by atoms with Crippen molar-refractivity contribution in [3.05, 3.63) is 0 Å². The van der Waals surface area contributed by atoms with Gasteiger partial charge in [0.2, 0.25) is 0 Å². The summed E-state index contributed by atoms with van der Waals surface area (Å²) < 4.78 is 11.1. The molecule has 0 N–H and O–H groups in total. The lowest BCUT2D eigenvalue weighted by molar-refractivity contribution is 0.240. The average molecular weight is 255 g/mol. The Morgan fingerprint density at radius 2 is 1.75 bits per heavy atom. The van der Waals surface area contributed by atoms with Gasteiger partial charge < -0.3 is 8.85 Å². The largest absolute Gasteiger partial charge is 0.398 e. The van der Waals surface area contributed by atoms with Gasteiger partial charge in [0.1, 0.15) is 0 Å². The van der Waals surface area contributed by atoms with E-state index in [-0.39, 0.29) is 0 Å². The maximum atomic E-state index is 5.53. The third kappa shape index (κ3) is 4.03. The Morgan fingerprint density at radius 1 is 1.17 bits per heavy atom. The number of alkyl halides is 1. The van der Waals surface area contributed by atoms with Crippen molar-refractivity contribution >= 4 is 24.5 Å². The van der Waals surface area contributed by atoms with Crippen LogP contribution in [0.25, 0.3) is 0 Å². The molecule has 0 aliphatic carbocycles. The van der Waals surface area contributed by atoms with Gasteiger partial charge in [0.05, 0.1) is 0 Å². The van der Waals surface area contributed by atoms with Gasteiger partial charge in [-0.3, -0.25) is 0 Å². The normalized spacial score (nSPS) is 12.0. The maximum absolute atomic E-state index is 5.53. The van der Waals surface area contributed by atoms with E-state index in [9.17, 15) is 0 Å². The Bertz CT molecular complexity index is 107. The Balaban J connectivity index is 3.95. The van der Waals surface area contributed by atoms with Gasteiger partial charge in [0.15, 0.2) is 0 Å². The first kappa shape index (κ1) is 12.6. The molecule has 0 saturated carbocycles. The maximum Gasteiger partial charge on any atom is 0.337 e. The second-order valence-electron chi connectivity index (χ2n) is 2.86. The van der Waals surface area contributed by atoms with E-state index in [0.29, 0.717) is 0 Å². The lowest BCUT2D eigenvalue weighted by atomic mass is 10.6. The summed E-state index contributed by atoms with van der Waals surface area (Å²) in [5.41, 5.74) is 0. The summed E-state index contributed by atoms with van der Waals surface area (Å²) >= 11 is 3.42. The van der Waals surface area contributed by atoms with Gasteiger partial charge in [-0.15, -0.1) is 0 Å². The Labute approximate surface area is 85.0 Å². The second kappa shape index (κ2) is 7.06. The molecule has 0 aliphatic heterocycles. The standard InChI is InChI=1S/C8H19BrO2Si/c1-4-7-12(10-2,11-3)8-5-6-9/h4-8H2,1-3H3. The van der Waals surface area contributed by atoms with E-state index in [0.717, 1.165) is 30.3 Å². The van der Waals surface area contributed by atoms with Crippen molar-refractivity contribution in [3.63, 3.8) is 0 Å². The molecule has 12 heavy (non-hydrogen) atoms. The molecule has 0 atom stereocenters. The highest BCUT2D eigenvalue weighted by atomic mass is 79.9. The summed E-state index contributed by atoms with van der Waals surface area (Å²) in [5.74, 6) is 0. The van der Waals surface area contributed by atoms with Crippen molar-refractivity contribution in [2.24, 2.45) is 0 Å². The minimum absolute atomic E-state index is 1.04. The number of hydrogen-bond donors (Lipinski definition) is 0. The molecule has 0 radical (unpaired) electrons. The lowest BCUT2D eigenvalue weighted by Gasteiger charge is -2.26. The molecule has 0 unspecified atom stereocenters. The Morgan fingerprint density at radius 3 is 2.08 bits per heavy atom. The summed E-state index contributed by atoms with van der Waals surface area (Å²) in [6.45, 7) is 2.17. The monoisotopic (exact) mass is 254 g/mol. The molecule has 0 spiro atoms. The first-order chi connectivity index (χ1) is 5.74. The molecule has 0 rings (SSSR count). The van der Waals surface area contributed by atoms with E-state index >= 15 is 0 Å². The summed E-state index contributed by atoms with van der Waals surface area (Å²) in [6, 6.07) is 2.20. The smallest absolute Gasteiger partial charge is 0.337 e. The fourth-order valence-electron chi connectivity index (χ4n) is 1.33. The molecule has 0 fully saturated rings. The molecule has 4 heteroatoms. The van der Waals surface area contributed by atoms with Crippen LogP contribution in [-0.4, -0.2) is 28.1 Å². The highest BCUT2D eigenvalue weighted by Gasteiger charge is 2.33. The van der Waals surface area contributed by atoms with E-state index in [1.165, 1.54) is 0 Å². The van der Waals surface area contributed by atoms with Crippen LogP contribution in [0.3, 0.4) is 0 Å². The quantitative estimate of drug-likeness (QED) is 0.514. The molecule has 74 valence electrons. The predicted octanol–water partition coefficient (Wildman–Crippen LogP) is 2.92. The average Bonchev–Trinajstić information content (AvgIpc) is 2.13. The molecule has 2 nitrogen and oxygen atoms in total. The molecule has 0 heterocycles. The van der Waals surface area contributed by atoms with Gasteiger partial charge in [0.25, 0.3) is 0 Å². The topological polar surface area (TPSA) is 18.5 Å². The van der Waals surface area contributed by atoms with Crippen LogP contribution >= 0.6 is 15.9 Å². The summed E-state index contributed by atoms with van der Waals surface area (Å²) in [6.07, 6.45) is 2.30. The zero-order valence-corrected chi connectivity index (χ0v) is 10.8. The fraction of sp³-hybridized carbons (Fsp3) is 1.00. The van der Waals surface area contributed by atoms with Crippen molar-refractivity contribution in [1.29, 1.82) is 0 Å². The molecule has 0 aromatic carbocycles. The van der Waals surface area contributed by atoms with Crippen LogP contribution in [0.1, 0.15) is 19.8 Å². The molecule has 0 aromatic heterocycles. The molecule has 0 aromatic rings. The summed E-state index contributed by atoms with van der Waals surface area (Å²) in [4.78, 5) is 0. The van der Waals surface area contributed by atoms with E-state index in [2.05, 4.69) is 22.9 Å². The van der Waals surface area contributed by atoms with Gasteiger partial charge >= 0.3 is 8.56 Å². The van der Waals surface area contributed by atoms with Crippen LogP contribution in [0.15, 0.2) is 0 Å². The van der Waals surface area contributed by atoms with Crippen LogP contribution in [0, 0.1) is 0 Å². The molecule has 0 amide bonds. The zero-order valence-electron chi connectivity index (χ0n) is 8.23. The number of hydrogen-bond acceptors (Lipinski definition) is 2. The SMILES string of the molecule is CCC[Si](CCCBr)(OC)OC. The number of rotatable bonds is 7. The van der Waals surface area contributed by atoms with Crippen LogP contribution < -0.4 is 0 Å². The molecule has 0 saturated heterocycles. The van der Waals surface area contributed by atoms with E-state index in [4.69, 9.17) is 8.85 Å². The molecular weight excluding hydrogens is 236 g/mol. The van der Waals surface area contributed by atoms with Gasteiger partial charge in [-0.2, -0.15) is 0 Å². The number of halogens is 1. The van der Waals surface area contributed by atoms with Crippen LogP contribution in [0.5, 0.6) is 0 Å². The van der Waals surface area contributed by atoms with Crippen LogP contribution in [-0.2, 0) is 8.85 Å². The molecular formula is C8H19BrO2Si. The Kier molecular flexibility index (Phi) is 7.43. The van der Waals surface area contributed by atoms with Gasteiger partial charge in [-0.1, -0.05) is 29.3 Å². The first-order valence-electron chi connectivity index (χ1n) is 4.41.